The molecule has 1 atom stereocenters. The number of nitrogens with two attached hydrogens (primary N) is 1. The van der Waals surface area contributed by atoms with Crippen molar-refractivity contribution in [2.75, 3.05) is 32.8 Å². The lowest BCUT2D eigenvalue weighted by atomic mass is 10.2. The summed E-state index contributed by atoms with van der Waals surface area (Å²) >= 11 is 0. The SMILES string of the molecule is NC(=O)N1CCN2C(=O)N(CCOc3cccc(F)c3)C(=O)[C@H]2C1. The van der Waals surface area contributed by atoms with E-state index in [-0.39, 0.29) is 32.1 Å². The topological polar surface area (TPSA) is 96.2 Å². The fraction of sp³-hybridized carbons (Fsp3) is 0.400. The van der Waals surface area contributed by atoms with Crippen LogP contribution >= 0.6 is 0 Å². The Morgan fingerprint density at radius 3 is 2.83 bits per heavy atom. The maximum Gasteiger partial charge on any atom is 0.327 e. The highest BCUT2D eigenvalue weighted by Crippen LogP contribution is 2.22. The van der Waals surface area contributed by atoms with E-state index in [2.05, 4.69) is 0 Å². The zero-order chi connectivity index (χ0) is 17.3. The van der Waals surface area contributed by atoms with Crippen molar-refractivity contribution in [1.29, 1.82) is 0 Å². The number of hydrogen-bond acceptors (Lipinski definition) is 4. The van der Waals surface area contributed by atoms with Crippen LogP contribution in [0.2, 0.25) is 0 Å². The summed E-state index contributed by atoms with van der Waals surface area (Å²) in [6.07, 6.45) is 0. The Morgan fingerprint density at radius 2 is 2.12 bits per heavy atom. The molecule has 128 valence electrons. The Balaban J connectivity index is 1.59. The molecule has 0 unspecified atom stereocenters. The second kappa shape index (κ2) is 6.34. The molecular weight excluding hydrogens is 319 g/mol. The average Bonchev–Trinajstić information content (AvgIpc) is 2.79. The molecule has 9 heteroatoms. The van der Waals surface area contributed by atoms with E-state index in [9.17, 15) is 18.8 Å². The van der Waals surface area contributed by atoms with Gasteiger partial charge in [0.1, 0.15) is 24.2 Å². The Kier molecular flexibility index (Phi) is 4.24. The van der Waals surface area contributed by atoms with Gasteiger partial charge in [0.15, 0.2) is 0 Å². The molecule has 0 radical (unpaired) electrons. The zero-order valence-corrected chi connectivity index (χ0v) is 12.9. The highest BCUT2D eigenvalue weighted by Gasteiger charge is 2.47. The van der Waals surface area contributed by atoms with Gasteiger partial charge in [-0.05, 0) is 12.1 Å². The second-order valence-electron chi connectivity index (χ2n) is 5.57. The summed E-state index contributed by atoms with van der Waals surface area (Å²) in [5.41, 5.74) is 5.23. The van der Waals surface area contributed by atoms with Crippen LogP contribution in [-0.2, 0) is 4.79 Å². The van der Waals surface area contributed by atoms with E-state index in [1.165, 1.54) is 28.0 Å². The molecule has 0 spiro atoms. The number of primary amides is 1. The van der Waals surface area contributed by atoms with Crippen LogP contribution in [0.1, 0.15) is 0 Å². The third kappa shape index (κ3) is 2.97. The van der Waals surface area contributed by atoms with Crippen molar-refractivity contribution in [2.24, 2.45) is 5.73 Å². The van der Waals surface area contributed by atoms with Gasteiger partial charge in [0.25, 0.3) is 5.91 Å². The van der Waals surface area contributed by atoms with E-state index < -0.39 is 23.9 Å². The van der Waals surface area contributed by atoms with Crippen molar-refractivity contribution in [3.63, 3.8) is 0 Å². The number of piperazine rings is 1. The summed E-state index contributed by atoms with van der Waals surface area (Å²) in [7, 11) is 0. The largest absolute Gasteiger partial charge is 0.492 e. The number of imide groups is 1. The fourth-order valence-corrected chi connectivity index (χ4v) is 2.87. The monoisotopic (exact) mass is 336 g/mol. The van der Waals surface area contributed by atoms with Crippen molar-refractivity contribution in [3.05, 3.63) is 30.1 Å². The summed E-state index contributed by atoms with van der Waals surface area (Å²) in [5.74, 6) is -0.481. The van der Waals surface area contributed by atoms with Crippen LogP contribution in [0.3, 0.4) is 0 Å². The van der Waals surface area contributed by atoms with Gasteiger partial charge in [-0.3, -0.25) is 9.69 Å². The molecule has 1 aromatic rings. The van der Waals surface area contributed by atoms with Gasteiger partial charge in [0.05, 0.1) is 13.1 Å². The number of halogens is 1. The van der Waals surface area contributed by atoms with Gasteiger partial charge in [-0.2, -0.15) is 0 Å². The summed E-state index contributed by atoms with van der Waals surface area (Å²) in [6.45, 7) is 0.776. The van der Waals surface area contributed by atoms with Crippen molar-refractivity contribution < 1.29 is 23.5 Å². The number of hydrogen-bond donors (Lipinski definition) is 1. The minimum atomic E-state index is -0.701. The predicted molar refractivity (Wildman–Crippen MR) is 80.7 cm³/mol. The molecule has 2 saturated heterocycles. The van der Waals surface area contributed by atoms with Gasteiger partial charge in [-0.15, -0.1) is 0 Å². The van der Waals surface area contributed by atoms with Crippen LogP contribution in [0.4, 0.5) is 14.0 Å². The van der Waals surface area contributed by atoms with E-state index in [0.29, 0.717) is 12.3 Å². The highest BCUT2D eigenvalue weighted by atomic mass is 19.1. The smallest absolute Gasteiger partial charge is 0.327 e. The van der Waals surface area contributed by atoms with Crippen molar-refractivity contribution in [3.8, 4) is 5.75 Å². The van der Waals surface area contributed by atoms with E-state index in [0.717, 1.165) is 4.90 Å². The van der Waals surface area contributed by atoms with E-state index in [1.807, 2.05) is 0 Å². The van der Waals surface area contributed by atoms with Crippen LogP contribution in [0.25, 0.3) is 0 Å². The van der Waals surface area contributed by atoms with Gasteiger partial charge in [0, 0.05) is 19.2 Å². The summed E-state index contributed by atoms with van der Waals surface area (Å²) in [6, 6.07) is 3.90. The van der Waals surface area contributed by atoms with Crippen LogP contribution in [-0.4, -0.2) is 71.5 Å². The van der Waals surface area contributed by atoms with Gasteiger partial charge >= 0.3 is 12.1 Å². The van der Waals surface area contributed by atoms with E-state index >= 15 is 0 Å². The molecule has 0 aromatic heterocycles. The molecule has 2 aliphatic rings. The Labute approximate surface area is 137 Å². The molecule has 2 N–H and O–H groups in total. The lowest BCUT2D eigenvalue weighted by Crippen LogP contribution is -2.55. The molecule has 3 rings (SSSR count). The number of ether oxygens (including phenoxy) is 1. The van der Waals surface area contributed by atoms with Crippen LogP contribution in [0, 0.1) is 5.82 Å². The second-order valence-corrected chi connectivity index (χ2v) is 5.57. The quantitative estimate of drug-likeness (QED) is 0.796. The lowest BCUT2D eigenvalue weighted by Gasteiger charge is -2.34. The number of fused-ring (bicyclic) bond motifs is 1. The summed E-state index contributed by atoms with van der Waals surface area (Å²) in [5, 5.41) is 0. The standard InChI is InChI=1S/C15H17FN4O4/c16-10-2-1-3-11(8-10)24-7-6-20-13(21)12-9-18(14(17)22)4-5-19(12)15(20)23/h1-3,8,12H,4-7,9H2,(H2,17,22)/t12-/m1/s1. The Morgan fingerprint density at radius 1 is 1.33 bits per heavy atom. The van der Waals surface area contributed by atoms with Crippen LogP contribution in [0.15, 0.2) is 24.3 Å². The number of carbonyl (C=O) groups excluding carboxylic acids is 3. The Hall–Kier alpha value is -2.84. The molecule has 0 aliphatic carbocycles. The third-order valence-electron chi connectivity index (χ3n) is 4.10. The minimum Gasteiger partial charge on any atom is -0.492 e. The predicted octanol–water partition coefficient (Wildman–Crippen LogP) is 0.232. The number of carbonyl (C=O) groups is 3. The maximum absolute atomic E-state index is 13.1. The maximum atomic E-state index is 13.1. The first-order chi connectivity index (χ1) is 11.5. The third-order valence-corrected chi connectivity index (χ3v) is 4.10. The first-order valence-electron chi connectivity index (χ1n) is 7.52. The number of benzene rings is 1. The Bertz CT molecular complexity index is 683. The van der Waals surface area contributed by atoms with Crippen molar-refractivity contribution in [2.45, 2.75) is 6.04 Å². The number of rotatable bonds is 4. The molecular formula is C15H17FN4O4. The van der Waals surface area contributed by atoms with Gasteiger partial charge in [-0.1, -0.05) is 6.07 Å². The fourth-order valence-electron chi connectivity index (χ4n) is 2.87. The normalized spacial score (nSPS) is 20.4. The van der Waals surface area contributed by atoms with Gasteiger partial charge < -0.3 is 20.3 Å². The molecule has 1 aromatic carbocycles. The molecule has 5 amide bonds. The zero-order valence-electron chi connectivity index (χ0n) is 12.9. The minimum absolute atomic E-state index is 0.0533. The van der Waals surface area contributed by atoms with Gasteiger partial charge in [0.2, 0.25) is 0 Å². The molecule has 0 saturated carbocycles. The van der Waals surface area contributed by atoms with E-state index in [1.54, 1.807) is 6.07 Å². The lowest BCUT2D eigenvalue weighted by molar-refractivity contribution is -0.129. The van der Waals surface area contributed by atoms with E-state index in [4.69, 9.17) is 10.5 Å². The first-order valence-corrected chi connectivity index (χ1v) is 7.52. The molecule has 0 bridgehead atoms. The highest BCUT2D eigenvalue weighted by molar-refractivity contribution is 6.04. The summed E-state index contributed by atoms with van der Waals surface area (Å²) in [4.78, 5) is 39.8. The molecule has 8 nitrogen and oxygen atoms in total. The first kappa shape index (κ1) is 16.0. The van der Waals surface area contributed by atoms with Crippen LogP contribution < -0.4 is 10.5 Å². The van der Waals surface area contributed by atoms with Crippen molar-refractivity contribution >= 4 is 18.0 Å². The van der Waals surface area contributed by atoms with Crippen LogP contribution in [0.5, 0.6) is 5.75 Å². The number of nitrogens with zero attached hydrogens (tertiary/aromatic N) is 3. The molecule has 2 fully saturated rings. The average molecular weight is 336 g/mol. The molecule has 2 heterocycles. The number of amides is 5. The molecule has 24 heavy (non-hydrogen) atoms. The number of urea groups is 2. The van der Waals surface area contributed by atoms with Gasteiger partial charge in [-0.25, -0.2) is 14.0 Å². The van der Waals surface area contributed by atoms with Crippen molar-refractivity contribution in [1.82, 2.24) is 14.7 Å². The summed E-state index contributed by atoms with van der Waals surface area (Å²) < 4.78 is 18.4. The molecule has 2 aliphatic heterocycles.